The molecule has 6 nitrogen and oxygen atoms in total. The van der Waals surface area contributed by atoms with Gasteiger partial charge in [0.05, 0.1) is 12.6 Å². The molecule has 0 aliphatic heterocycles. The van der Waals surface area contributed by atoms with Gasteiger partial charge in [-0.3, -0.25) is 4.79 Å². The number of carbonyl (C=O) groups excluding carboxylic acids is 1. The monoisotopic (exact) mass is 359 g/mol. The Labute approximate surface area is 155 Å². The van der Waals surface area contributed by atoms with Crippen molar-refractivity contribution in [2.45, 2.75) is 57.9 Å². The Morgan fingerprint density at radius 3 is 2.50 bits per heavy atom. The Bertz CT molecular complexity index is 643. The number of rotatable bonds is 12. The van der Waals surface area contributed by atoms with Crippen LogP contribution in [0.5, 0.6) is 0 Å². The van der Waals surface area contributed by atoms with Gasteiger partial charge in [0.15, 0.2) is 0 Å². The SMILES string of the molecule is CC[C@H](COC)NC(=O)CCc1nnc(CCCCc2ccccc2)o1. The predicted octanol–water partition coefficient (Wildman–Crippen LogP) is 3.11. The summed E-state index contributed by atoms with van der Waals surface area (Å²) in [5.74, 6) is 1.16. The van der Waals surface area contributed by atoms with E-state index in [1.165, 1.54) is 5.56 Å². The minimum absolute atomic E-state index is 0.0171. The first kappa shape index (κ1) is 20.1. The molecule has 0 saturated carbocycles. The van der Waals surface area contributed by atoms with E-state index < -0.39 is 0 Å². The molecule has 1 aromatic carbocycles. The zero-order chi connectivity index (χ0) is 18.6. The highest BCUT2D eigenvalue weighted by Crippen LogP contribution is 2.09. The molecule has 1 N–H and O–H groups in total. The zero-order valence-electron chi connectivity index (χ0n) is 15.7. The van der Waals surface area contributed by atoms with E-state index in [1.54, 1.807) is 7.11 Å². The van der Waals surface area contributed by atoms with Gasteiger partial charge in [-0.1, -0.05) is 37.3 Å². The van der Waals surface area contributed by atoms with Gasteiger partial charge in [-0.15, -0.1) is 10.2 Å². The van der Waals surface area contributed by atoms with Crippen LogP contribution in [-0.4, -0.2) is 35.9 Å². The molecule has 1 atom stereocenters. The average Bonchev–Trinajstić information content (AvgIpc) is 3.12. The molecule has 0 aliphatic rings. The highest BCUT2D eigenvalue weighted by atomic mass is 16.5. The first-order valence-electron chi connectivity index (χ1n) is 9.34. The van der Waals surface area contributed by atoms with Crippen molar-refractivity contribution >= 4 is 5.91 Å². The van der Waals surface area contributed by atoms with E-state index in [9.17, 15) is 4.79 Å². The average molecular weight is 359 g/mol. The van der Waals surface area contributed by atoms with Gasteiger partial charge in [0.1, 0.15) is 0 Å². The van der Waals surface area contributed by atoms with Crippen molar-refractivity contribution in [2.75, 3.05) is 13.7 Å². The second-order valence-electron chi connectivity index (χ2n) is 6.41. The number of nitrogens with one attached hydrogen (secondary N) is 1. The predicted molar refractivity (Wildman–Crippen MR) is 99.8 cm³/mol. The maximum atomic E-state index is 12.0. The van der Waals surface area contributed by atoms with E-state index in [0.29, 0.717) is 31.2 Å². The number of aryl methyl sites for hydroxylation is 3. The van der Waals surface area contributed by atoms with Crippen molar-refractivity contribution in [3.63, 3.8) is 0 Å². The van der Waals surface area contributed by atoms with Crippen LogP contribution in [0.3, 0.4) is 0 Å². The minimum atomic E-state index is -0.0171. The number of hydrogen-bond donors (Lipinski definition) is 1. The number of carbonyl (C=O) groups is 1. The molecule has 0 unspecified atom stereocenters. The van der Waals surface area contributed by atoms with Crippen molar-refractivity contribution in [1.29, 1.82) is 0 Å². The van der Waals surface area contributed by atoms with E-state index in [0.717, 1.165) is 32.1 Å². The van der Waals surface area contributed by atoms with E-state index in [2.05, 4.69) is 39.8 Å². The lowest BCUT2D eigenvalue weighted by molar-refractivity contribution is -0.122. The number of ether oxygens (including phenoxy) is 1. The van der Waals surface area contributed by atoms with Crippen molar-refractivity contribution in [1.82, 2.24) is 15.5 Å². The summed E-state index contributed by atoms with van der Waals surface area (Å²) in [5, 5.41) is 11.1. The van der Waals surface area contributed by atoms with Crippen LogP contribution in [0, 0.1) is 0 Å². The van der Waals surface area contributed by atoms with Crippen molar-refractivity contribution in [2.24, 2.45) is 0 Å². The van der Waals surface area contributed by atoms with Crippen LogP contribution in [0.15, 0.2) is 34.7 Å². The van der Waals surface area contributed by atoms with E-state index in [4.69, 9.17) is 9.15 Å². The van der Waals surface area contributed by atoms with Crippen LogP contribution < -0.4 is 5.32 Å². The molecule has 0 fully saturated rings. The second-order valence-corrected chi connectivity index (χ2v) is 6.41. The summed E-state index contributed by atoms with van der Waals surface area (Å²) in [6.45, 7) is 2.54. The lowest BCUT2D eigenvalue weighted by Gasteiger charge is -2.15. The maximum Gasteiger partial charge on any atom is 0.220 e. The van der Waals surface area contributed by atoms with Crippen LogP contribution in [0.4, 0.5) is 0 Å². The summed E-state index contributed by atoms with van der Waals surface area (Å²) in [7, 11) is 1.63. The Hall–Kier alpha value is -2.21. The van der Waals surface area contributed by atoms with E-state index in [-0.39, 0.29) is 11.9 Å². The van der Waals surface area contributed by atoms with Gasteiger partial charge in [-0.2, -0.15) is 0 Å². The summed E-state index contributed by atoms with van der Waals surface area (Å²) in [6.07, 6.45) is 5.57. The fourth-order valence-electron chi connectivity index (χ4n) is 2.72. The van der Waals surface area contributed by atoms with E-state index in [1.807, 2.05) is 13.0 Å². The number of amides is 1. The van der Waals surface area contributed by atoms with Crippen LogP contribution in [0.2, 0.25) is 0 Å². The van der Waals surface area contributed by atoms with Crippen LogP contribution in [-0.2, 0) is 28.8 Å². The molecule has 0 aliphatic carbocycles. The molecule has 1 heterocycles. The molecule has 2 rings (SSSR count). The molecule has 2 aromatic rings. The lowest BCUT2D eigenvalue weighted by atomic mass is 10.1. The van der Waals surface area contributed by atoms with Gasteiger partial charge in [-0.05, 0) is 31.2 Å². The molecule has 0 radical (unpaired) electrons. The van der Waals surface area contributed by atoms with Gasteiger partial charge in [0.25, 0.3) is 0 Å². The van der Waals surface area contributed by atoms with Gasteiger partial charge in [0.2, 0.25) is 17.7 Å². The van der Waals surface area contributed by atoms with Gasteiger partial charge in [-0.25, -0.2) is 0 Å². The van der Waals surface area contributed by atoms with Crippen LogP contribution in [0.1, 0.15) is 50.0 Å². The lowest BCUT2D eigenvalue weighted by Crippen LogP contribution is -2.37. The molecule has 142 valence electrons. The Morgan fingerprint density at radius 1 is 1.12 bits per heavy atom. The van der Waals surface area contributed by atoms with Crippen molar-refractivity contribution in [3.05, 3.63) is 47.7 Å². The molecular formula is C20H29N3O3. The molecular weight excluding hydrogens is 330 g/mol. The normalized spacial score (nSPS) is 12.1. The third-order valence-corrected chi connectivity index (χ3v) is 4.25. The second kappa shape index (κ2) is 11.4. The van der Waals surface area contributed by atoms with Crippen molar-refractivity contribution in [3.8, 4) is 0 Å². The highest BCUT2D eigenvalue weighted by molar-refractivity contribution is 5.76. The standard InChI is InChI=1S/C20H29N3O3/c1-3-17(15-25-2)21-18(24)13-14-20-23-22-19(26-20)12-8-7-11-16-9-5-4-6-10-16/h4-6,9-10,17H,3,7-8,11-15H2,1-2H3,(H,21,24)/t17-/m1/s1. The largest absolute Gasteiger partial charge is 0.425 e. The van der Waals surface area contributed by atoms with Gasteiger partial charge in [0, 0.05) is 26.4 Å². The smallest absolute Gasteiger partial charge is 0.220 e. The number of nitrogens with zero attached hydrogens (tertiary/aromatic N) is 2. The molecule has 0 spiro atoms. The molecule has 1 aromatic heterocycles. The number of hydrogen-bond acceptors (Lipinski definition) is 5. The quantitative estimate of drug-likeness (QED) is 0.589. The fourth-order valence-corrected chi connectivity index (χ4v) is 2.72. The third-order valence-electron chi connectivity index (χ3n) is 4.25. The highest BCUT2D eigenvalue weighted by Gasteiger charge is 2.12. The minimum Gasteiger partial charge on any atom is -0.425 e. The molecule has 1 amide bonds. The fraction of sp³-hybridized carbons (Fsp3) is 0.550. The number of benzene rings is 1. The molecule has 26 heavy (non-hydrogen) atoms. The zero-order valence-corrected chi connectivity index (χ0v) is 15.7. The molecule has 0 bridgehead atoms. The van der Waals surface area contributed by atoms with Gasteiger partial charge >= 0.3 is 0 Å². The number of aromatic nitrogens is 2. The number of methoxy groups -OCH3 is 1. The summed E-state index contributed by atoms with van der Waals surface area (Å²) >= 11 is 0. The van der Waals surface area contributed by atoms with Gasteiger partial charge < -0.3 is 14.5 Å². The Balaban J connectivity index is 1.65. The Kier molecular flexibility index (Phi) is 8.83. The number of unbranched alkanes of at least 4 members (excludes halogenated alkanes) is 1. The van der Waals surface area contributed by atoms with E-state index >= 15 is 0 Å². The first-order valence-corrected chi connectivity index (χ1v) is 9.34. The summed E-state index contributed by atoms with van der Waals surface area (Å²) < 4.78 is 10.7. The Morgan fingerprint density at radius 2 is 1.81 bits per heavy atom. The summed E-state index contributed by atoms with van der Waals surface area (Å²) in [5.41, 5.74) is 1.35. The third kappa shape index (κ3) is 7.35. The van der Waals surface area contributed by atoms with Crippen LogP contribution >= 0.6 is 0 Å². The first-order chi connectivity index (χ1) is 12.7. The molecule has 0 saturated heterocycles. The maximum absolute atomic E-state index is 12.0. The molecule has 6 heteroatoms. The summed E-state index contributed by atoms with van der Waals surface area (Å²) in [4.78, 5) is 12.0. The van der Waals surface area contributed by atoms with Crippen molar-refractivity contribution < 1.29 is 13.9 Å². The van der Waals surface area contributed by atoms with Crippen LogP contribution in [0.25, 0.3) is 0 Å². The summed E-state index contributed by atoms with van der Waals surface area (Å²) in [6, 6.07) is 10.5. The topological polar surface area (TPSA) is 77.2 Å².